The lowest BCUT2D eigenvalue weighted by Crippen LogP contribution is -2.23. The van der Waals surface area contributed by atoms with Crippen LogP contribution in [0.5, 0.6) is 0 Å². The average molecular weight is 263 g/mol. The van der Waals surface area contributed by atoms with Crippen LogP contribution in [-0.2, 0) is 12.0 Å². The van der Waals surface area contributed by atoms with E-state index >= 15 is 0 Å². The van der Waals surface area contributed by atoms with Gasteiger partial charge >= 0.3 is 0 Å². The first-order valence-corrected chi connectivity index (χ1v) is 6.13. The SMILES string of the molecule is CC(=O)CNS(=O)(=O)I. The topological polar surface area (TPSA) is 63.2 Å². The highest BCUT2D eigenvalue weighted by molar-refractivity contribution is 14.2. The van der Waals surface area contributed by atoms with Crippen molar-refractivity contribution in [2.24, 2.45) is 0 Å². The first-order valence-electron chi connectivity index (χ1n) is 2.10. The molecule has 0 spiro atoms. The molecule has 0 fully saturated rings. The van der Waals surface area contributed by atoms with E-state index in [9.17, 15) is 13.2 Å². The van der Waals surface area contributed by atoms with Crippen LogP contribution in [0.2, 0.25) is 0 Å². The molecule has 0 bridgehead atoms. The summed E-state index contributed by atoms with van der Waals surface area (Å²) < 4.78 is 22.5. The zero-order valence-electron chi connectivity index (χ0n) is 4.72. The Bertz CT molecular complexity index is 197. The number of nitrogens with one attached hydrogen (secondary N) is 1. The quantitative estimate of drug-likeness (QED) is 0.568. The van der Waals surface area contributed by atoms with E-state index in [-0.39, 0.29) is 12.3 Å². The predicted molar refractivity (Wildman–Crippen MR) is 41.6 cm³/mol. The molecule has 4 nitrogen and oxygen atoms in total. The fourth-order valence-electron chi connectivity index (χ4n) is 0.188. The van der Waals surface area contributed by atoms with Crippen LogP contribution in [0.3, 0.4) is 0 Å². The molecule has 0 aromatic rings. The number of carbonyl (C=O) groups excluding carboxylic acids is 1. The molecule has 0 heterocycles. The molecule has 0 amide bonds. The van der Waals surface area contributed by atoms with Crippen LogP contribution in [0.25, 0.3) is 0 Å². The molecule has 0 aliphatic carbocycles. The number of hydrogen-bond acceptors (Lipinski definition) is 3. The van der Waals surface area contributed by atoms with Gasteiger partial charge in [-0.15, -0.1) is 0 Å². The Hall–Kier alpha value is 0.310. The zero-order chi connectivity index (χ0) is 7.49. The molecule has 0 rings (SSSR count). The van der Waals surface area contributed by atoms with E-state index < -0.39 is 7.19 Å². The van der Waals surface area contributed by atoms with Crippen LogP contribution < -0.4 is 4.72 Å². The van der Waals surface area contributed by atoms with Crippen LogP contribution in [0.4, 0.5) is 0 Å². The highest BCUT2D eigenvalue weighted by Gasteiger charge is 2.02. The third-order valence-electron chi connectivity index (χ3n) is 0.494. The molecular weight excluding hydrogens is 257 g/mol. The molecule has 0 saturated carbocycles. The van der Waals surface area contributed by atoms with Crippen LogP contribution in [-0.4, -0.2) is 20.7 Å². The van der Waals surface area contributed by atoms with E-state index in [0.717, 1.165) is 0 Å². The number of halogens is 1. The van der Waals surface area contributed by atoms with Crippen LogP contribution >= 0.6 is 21.2 Å². The Balaban J connectivity index is 3.67. The van der Waals surface area contributed by atoms with Gasteiger partial charge < -0.3 is 0 Å². The first-order chi connectivity index (χ1) is 3.92. The highest BCUT2D eigenvalue weighted by Crippen LogP contribution is 1.93. The smallest absolute Gasteiger partial charge is 0.265 e. The zero-order valence-corrected chi connectivity index (χ0v) is 7.69. The van der Waals surface area contributed by atoms with E-state index in [4.69, 9.17) is 0 Å². The second-order valence-electron chi connectivity index (χ2n) is 1.46. The maximum Gasteiger partial charge on any atom is 0.265 e. The molecule has 0 aromatic carbocycles. The Morgan fingerprint density at radius 1 is 1.67 bits per heavy atom. The van der Waals surface area contributed by atoms with Crippen LogP contribution in [0.15, 0.2) is 0 Å². The summed E-state index contributed by atoms with van der Waals surface area (Å²) >= 11 is 1.22. The fourth-order valence-corrected chi connectivity index (χ4v) is 1.03. The van der Waals surface area contributed by atoms with Crippen molar-refractivity contribution in [3.63, 3.8) is 0 Å². The summed E-state index contributed by atoms with van der Waals surface area (Å²) in [6.45, 7) is 1.19. The summed E-state index contributed by atoms with van der Waals surface area (Å²) in [5.41, 5.74) is 0. The Kier molecular flexibility index (Phi) is 3.59. The second-order valence-corrected chi connectivity index (χ2v) is 6.10. The van der Waals surface area contributed by atoms with E-state index in [0.29, 0.717) is 0 Å². The van der Waals surface area contributed by atoms with Crippen molar-refractivity contribution in [2.75, 3.05) is 6.54 Å². The maximum atomic E-state index is 10.3. The molecule has 0 radical (unpaired) electrons. The van der Waals surface area contributed by atoms with Crippen LogP contribution in [0.1, 0.15) is 6.92 Å². The normalized spacial score (nSPS) is 11.3. The van der Waals surface area contributed by atoms with Gasteiger partial charge in [0.15, 0.2) is 0 Å². The van der Waals surface area contributed by atoms with Crippen molar-refractivity contribution in [2.45, 2.75) is 6.92 Å². The monoisotopic (exact) mass is 263 g/mol. The second kappa shape index (κ2) is 3.47. The van der Waals surface area contributed by atoms with Gasteiger partial charge in [-0.05, 0) is 6.92 Å². The van der Waals surface area contributed by atoms with Gasteiger partial charge in [0, 0.05) is 0 Å². The number of Topliss-reactive ketones (excluding diaryl/α,β-unsaturated/α-hetero) is 1. The lowest BCUT2D eigenvalue weighted by atomic mass is 10.5. The van der Waals surface area contributed by atoms with Crippen molar-refractivity contribution >= 4 is 34.2 Å². The third-order valence-corrected chi connectivity index (χ3v) is 1.92. The molecule has 0 unspecified atom stereocenters. The molecule has 0 atom stereocenters. The number of carbonyl (C=O) groups is 1. The summed E-state index contributed by atoms with van der Waals surface area (Å²) in [6.07, 6.45) is 0. The summed E-state index contributed by atoms with van der Waals surface area (Å²) in [5, 5.41) is 0. The molecule has 0 aliphatic rings. The van der Waals surface area contributed by atoms with E-state index in [2.05, 4.69) is 0 Å². The van der Waals surface area contributed by atoms with Gasteiger partial charge in [0.2, 0.25) is 0 Å². The van der Waals surface area contributed by atoms with Crippen molar-refractivity contribution < 1.29 is 13.2 Å². The van der Waals surface area contributed by atoms with Gasteiger partial charge in [-0.25, -0.2) is 8.42 Å². The van der Waals surface area contributed by atoms with Gasteiger partial charge in [0.25, 0.3) is 7.19 Å². The lowest BCUT2D eigenvalue weighted by Gasteiger charge is -1.93. The maximum absolute atomic E-state index is 10.3. The fraction of sp³-hybridized carbons (Fsp3) is 0.667. The molecule has 1 N–H and O–H groups in total. The molecule has 54 valence electrons. The van der Waals surface area contributed by atoms with Crippen molar-refractivity contribution in [3.8, 4) is 0 Å². The van der Waals surface area contributed by atoms with E-state index in [1.807, 2.05) is 4.72 Å². The van der Waals surface area contributed by atoms with Gasteiger partial charge in [-0.3, -0.25) is 4.79 Å². The number of hydrogen-bond donors (Lipinski definition) is 1. The van der Waals surface area contributed by atoms with Gasteiger partial charge in [0.1, 0.15) is 5.78 Å². The minimum absolute atomic E-state index is 0.120. The molecule has 6 heteroatoms. The van der Waals surface area contributed by atoms with Crippen molar-refractivity contribution in [1.29, 1.82) is 0 Å². The molecule has 9 heavy (non-hydrogen) atoms. The molecule has 0 aliphatic heterocycles. The van der Waals surface area contributed by atoms with Crippen molar-refractivity contribution in [3.05, 3.63) is 0 Å². The summed E-state index contributed by atoms with van der Waals surface area (Å²) in [7, 11) is -3.22. The summed E-state index contributed by atoms with van der Waals surface area (Å²) in [6, 6.07) is 0. The van der Waals surface area contributed by atoms with Gasteiger partial charge in [0.05, 0.1) is 27.8 Å². The lowest BCUT2D eigenvalue weighted by molar-refractivity contribution is -0.115. The minimum Gasteiger partial charge on any atom is -0.299 e. The molecular formula is C3H6INO3S. The average Bonchev–Trinajstić information content (AvgIpc) is 1.59. The van der Waals surface area contributed by atoms with Gasteiger partial charge in [-0.2, -0.15) is 4.72 Å². The Morgan fingerprint density at radius 2 is 2.11 bits per heavy atom. The minimum atomic E-state index is -3.22. The van der Waals surface area contributed by atoms with E-state index in [1.54, 1.807) is 0 Å². The standard InChI is InChI=1S/C3H6INO3S/c1-3(6)2-5-9(4,7)8/h5H,2H2,1H3. The third kappa shape index (κ3) is 8.31. The highest BCUT2D eigenvalue weighted by atomic mass is 127. The first kappa shape index (κ1) is 9.31. The number of ketones is 1. The predicted octanol–water partition coefficient (Wildman–Crippen LogP) is -0.155. The van der Waals surface area contributed by atoms with E-state index in [1.165, 1.54) is 28.1 Å². The number of rotatable bonds is 3. The molecule has 0 saturated heterocycles. The summed E-state index contributed by atoms with van der Waals surface area (Å²) in [4.78, 5) is 10.2. The molecule has 0 aromatic heterocycles. The van der Waals surface area contributed by atoms with Crippen LogP contribution in [0, 0.1) is 0 Å². The van der Waals surface area contributed by atoms with Crippen molar-refractivity contribution in [1.82, 2.24) is 4.72 Å². The Morgan fingerprint density at radius 3 is 2.22 bits per heavy atom. The Labute approximate surface area is 65.7 Å². The van der Waals surface area contributed by atoms with Gasteiger partial charge in [-0.1, -0.05) is 0 Å². The largest absolute Gasteiger partial charge is 0.299 e. The summed E-state index contributed by atoms with van der Waals surface area (Å²) in [5.74, 6) is -0.199.